The van der Waals surface area contributed by atoms with Gasteiger partial charge in [0, 0.05) is 30.3 Å². The van der Waals surface area contributed by atoms with E-state index >= 15 is 0 Å². The van der Waals surface area contributed by atoms with Crippen molar-refractivity contribution in [3.8, 4) is 0 Å². The van der Waals surface area contributed by atoms with Crippen molar-refractivity contribution in [3.63, 3.8) is 0 Å². The monoisotopic (exact) mass is 324 g/mol. The van der Waals surface area contributed by atoms with Crippen LogP contribution in [0.4, 0.5) is 0 Å². The molecule has 1 aromatic carbocycles. The highest BCUT2D eigenvalue weighted by molar-refractivity contribution is 6.32. The van der Waals surface area contributed by atoms with Gasteiger partial charge in [-0.2, -0.15) is 0 Å². The summed E-state index contributed by atoms with van der Waals surface area (Å²) in [7, 11) is 0. The van der Waals surface area contributed by atoms with Gasteiger partial charge in [0.1, 0.15) is 0 Å². The number of nitrogens with zero attached hydrogens (tertiary/aromatic N) is 1. The lowest BCUT2D eigenvalue weighted by atomic mass is 9.98. The standard InChI is InChI=1S/C18H29ClN2O/c1-3-16(9-12-22)21(17-7-10-20-11-8-17)13-15-6-4-5-14(2)18(15)19/h4-6,16-17,20,22H,3,7-13H2,1-2H3. The SMILES string of the molecule is CCC(CCO)N(Cc1cccc(C)c1Cl)C1CCNCC1. The van der Waals surface area contributed by atoms with E-state index in [1.165, 1.54) is 18.4 Å². The van der Waals surface area contributed by atoms with Gasteiger partial charge >= 0.3 is 0 Å². The average molecular weight is 325 g/mol. The predicted octanol–water partition coefficient (Wildman–Crippen LogP) is 3.36. The third-order valence-electron chi connectivity index (χ3n) is 4.80. The summed E-state index contributed by atoms with van der Waals surface area (Å²) in [5.74, 6) is 0. The van der Waals surface area contributed by atoms with Crippen molar-refractivity contribution in [2.45, 2.75) is 58.2 Å². The van der Waals surface area contributed by atoms with Gasteiger partial charge in [0.05, 0.1) is 0 Å². The van der Waals surface area contributed by atoms with Crippen LogP contribution in [0.3, 0.4) is 0 Å². The van der Waals surface area contributed by atoms with Crippen LogP contribution in [0.1, 0.15) is 43.7 Å². The molecule has 1 unspecified atom stereocenters. The number of benzene rings is 1. The zero-order valence-electron chi connectivity index (χ0n) is 13.8. The lowest BCUT2D eigenvalue weighted by Crippen LogP contribution is -2.47. The Morgan fingerprint density at radius 1 is 1.36 bits per heavy atom. The van der Waals surface area contributed by atoms with Gasteiger partial charge in [-0.1, -0.05) is 36.7 Å². The Kier molecular flexibility index (Phi) is 7.16. The molecule has 1 heterocycles. The Morgan fingerprint density at radius 3 is 2.73 bits per heavy atom. The van der Waals surface area contributed by atoms with Crippen LogP contribution >= 0.6 is 11.6 Å². The van der Waals surface area contributed by atoms with Crippen LogP contribution in [0.25, 0.3) is 0 Å². The largest absolute Gasteiger partial charge is 0.396 e. The second kappa shape index (κ2) is 8.88. The van der Waals surface area contributed by atoms with Gasteiger partial charge in [-0.25, -0.2) is 0 Å². The lowest BCUT2D eigenvalue weighted by molar-refractivity contribution is 0.0794. The first-order valence-electron chi connectivity index (χ1n) is 8.48. The fraction of sp³-hybridized carbons (Fsp3) is 0.667. The van der Waals surface area contributed by atoms with Crippen molar-refractivity contribution in [2.75, 3.05) is 19.7 Å². The molecule has 1 fully saturated rings. The van der Waals surface area contributed by atoms with Gasteiger partial charge in [-0.15, -0.1) is 0 Å². The van der Waals surface area contributed by atoms with E-state index in [9.17, 15) is 5.11 Å². The topological polar surface area (TPSA) is 35.5 Å². The van der Waals surface area contributed by atoms with Crippen LogP contribution in [0.2, 0.25) is 5.02 Å². The van der Waals surface area contributed by atoms with Crippen LogP contribution < -0.4 is 5.32 Å². The van der Waals surface area contributed by atoms with E-state index in [-0.39, 0.29) is 6.61 Å². The highest BCUT2D eigenvalue weighted by Crippen LogP contribution is 2.27. The molecule has 0 bridgehead atoms. The quantitative estimate of drug-likeness (QED) is 0.807. The van der Waals surface area contributed by atoms with Crippen molar-refractivity contribution in [1.29, 1.82) is 0 Å². The number of aryl methyl sites for hydroxylation is 1. The molecule has 4 heteroatoms. The van der Waals surface area contributed by atoms with Gasteiger partial charge in [0.15, 0.2) is 0 Å². The summed E-state index contributed by atoms with van der Waals surface area (Å²) < 4.78 is 0. The first kappa shape index (κ1) is 17.7. The molecule has 1 aliphatic heterocycles. The first-order valence-corrected chi connectivity index (χ1v) is 8.86. The third kappa shape index (κ3) is 4.45. The molecule has 1 aromatic rings. The summed E-state index contributed by atoms with van der Waals surface area (Å²) >= 11 is 6.51. The minimum atomic E-state index is 0.252. The van der Waals surface area contributed by atoms with Crippen molar-refractivity contribution < 1.29 is 5.11 Å². The van der Waals surface area contributed by atoms with Crippen molar-refractivity contribution in [3.05, 3.63) is 34.3 Å². The number of aliphatic hydroxyl groups excluding tert-OH is 1. The molecule has 22 heavy (non-hydrogen) atoms. The van der Waals surface area contributed by atoms with Crippen LogP contribution in [-0.2, 0) is 6.54 Å². The Morgan fingerprint density at radius 2 is 2.09 bits per heavy atom. The second-order valence-corrected chi connectivity index (χ2v) is 6.65. The number of halogens is 1. The Balaban J connectivity index is 2.20. The molecule has 0 saturated carbocycles. The molecule has 0 aliphatic carbocycles. The van der Waals surface area contributed by atoms with E-state index in [1.807, 2.05) is 0 Å². The van der Waals surface area contributed by atoms with Gasteiger partial charge < -0.3 is 10.4 Å². The zero-order valence-corrected chi connectivity index (χ0v) is 14.6. The summed E-state index contributed by atoms with van der Waals surface area (Å²) in [6.07, 6.45) is 4.24. The van der Waals surface area contributed by atoms with Gasteiger partial charge in [-0.05, 0) is 56.8 Å². The summed E-state index contributed by atoms with van der Waals surface area (Å²) in [5.41, 5.74) is 2.34. The molecule has 1 aliphatic rings. The van der Waals surface area contributed by atoms with Crippen LogP contribution in [0.5, 0.6) is 0 Å². The Bertz CT molecular complexity index is 456. The normalized spacial score (nSPS) is 17.9. The third-order valence-corrected chi connectivity index (χ3v) is 5.35. The van der Waals surface area contributed by atoms with E-state index in [4.69, 9.17) is 11.6 Å². The molecular formula is C18H29ClN2O. The zero-order chi connectivity index (χ0) is 15.9. The number of nitrogens with one attached hydrogen (secondary N) is 1. The summed E-state index contributed by atoms with van der Waals surface area (Å²) in [5, 5.41) is 13.7. The van der Waals surface area contributed by atoms with Crippen molar-refractivity contribution in [2.24, 2.45) is 0 Å². The van der Waals surface area contributed by atoms with Crippen molar-refractivity contribution in [1.82, 2.24) is 10.2 Å². The molecule has 1 atom stereocenters. The number of piperidine rings is 1. The number of aliphatic hydroxyl groups is 1. The summed E-state index contributed by atoms with van der Waals surface area (Å²) in [6.45, 7) is 7.57. The predicted molar refractivity (Wildman–Crippen MR) is 93.4 cm³/mol. The molecule has 0 aromatic heterocycles. The average Bonchev–Trinajstić information content (AvgIpc) is 2.55. The molecule has 0 spiro atoms. The van der Waals surface area contributed by atoms with E-state index in [0.29, 0.717) is 12.1 Å². The molecule has 1 saturated heterocycles. The maximum atomic E-state index is 9.41. The minimum absolute atomic E-state index is 0.252. The molecule has 0 radical (unpaired) electrons. The minimum Gasteiger partial charge on any atom is -0.396 e. The molecule has 3 nitrogen and oxygen atoms in total. The smallest absolute Gasteiger partial charge is 0.0480 e. The van der Waals surface area contributed by atoms with Gasteiger partial charge in [0.25, 0.3) is 0 Å². The fourth-order valence-electron chi connectivity index (χ4n) is 3.48. The highest BCUT2D eigenvalue weighted by Gasteiger charge is 2.27. The Labute approximate surface area is 139 Å². The van der Waals surface area contributed by atoms with Crippen molar-refractivity contribution >= 4 is 11.6 Å². The Hall–Kier alpha value is -0.610. The number of hydrogen-bond donors (Lipinski definition) is 2. The van der Waals surface area contributed by atoms with Gasteiger partial charge in [0.2, 0.25) is 0 Å². The fourth-order valence-corrected chi connectivity index (χ4v) is 3.66. The highest BCUT2D eigenvalue weighted by atomic mass is 35.5. The van der Waals surface area contributed by atoms with Crippen LogP contribution in [0.15, 0.2) is 18.2 Å². The van der Waals surface area contributed by atoms with E-state index in [2.05, 4.69) is 42.3 Å². The molecule has 2 N–H and O–H groups in total. The maximum Gasteiger partial charge on any atom is 0.0480 e. The molecular weight excluding hydrogens is 296 g/mol. The molecule has 2 rings (SSSR count). The lowest BCUT2D eigenvalue weighted by Gasteiger charge is -2.40. The number of hydrogen-bond acceptors (Lipinski definition) is 3. The van der Waals surface area contributed by atoms with Crippen LogP contribution in [-0.4, -0.2) is 41.8 Å². The maximum absolute atomic E-state index is 9.41. The molecule has 124 valence electrons. The van der Waals surface area contributed by atoms with E-state index in [0.717, 1.165) is 43.1 Å². The van der Waals surface area contributed by atoms with Crippen LogP contribution in [0, 0.1) is 6.92 Å². The van der Waals surface area contributed by atoms with Gasteiger partial charge in [-0.3, -0.25) is 4.90 Å². The second-order valence-electron chi connectivity index (χ2n) is 6.28. The van der Waals surface area contributed by atoms with E-state index < -0.39 is 0 Å². The summed E-state index contributed by atoms with van der Waals surface area (Å²) in [4.78, 5) is 2.58. The van der Waals surface area contributed by atoms with E-state index in [1.54, 1.807) is 0 Å². The number of rotatable bonds is 7. The first-order chi connectivity index (χ1) is 10.7. The molecule has 0 amide bonds. The summed E-state index contributed by atoms with van der Waals surface area (Å²) in [6, 6.07) is 7.28.